The first-order valence-corrected chi connectivity index (χ1v) is 10.4. The molecule has 0 aliphatic heterocycles. The van der Waals surface area contributed by atoms with E-state index in [1.54, 1.807) is 23.3 Å². The highest BCUT2D eigenvalue weighted by molar-refractivity contribution is 5.62. The van der Waals surface area contributed by atoms with Gasteiger partial charge in [-0.1, -0.05) is 42.3 Å². The Morgan fingerprint density at radius 3 is 2.52 bits per heavy atom. The Labute approximate surface area is 179 Å². The number of hydrogen-bond acceptors (Lipinski definition) is 8. The van der Waals surface area contributed by atoms with E-state index in [1.165, 1.54) is 12.8 Å². The van der Waals surface area contributed by atoms with E-state index in [4.69, 9.17) is 21.0 Å². The predicted octanol–water partition coefficient (Wildman–Crippen LogP) is 2.86. The van der Waals surface area contributed by atoms with Gasteiger partial charge in [-0.15, -0.1) is 0 Å². The summed E-state index contributed by atoms with van der Waals surface area (Å²) in [5.74, 6) is 2.25. The summed E-state index contributed by atoms with van der Waals surface area (Å²) in [6.45, 7) is 1.18. The van der Waals surface area contributed by atoms with Crippen LogP contribution in [-0.2, 0) is 6.54 Å². The first-order valence-electron chi connectivity index (χ1n) is 10.4. The lowest BCUT2D eigenvalue weighted by Gasteiger charge is -2.14. The number of benzene rings is 1. The Morgan fingerprint density at radius 2 is 1.81 bits per heavy atom. The highest BCUT2D eigenvalue weighted by Crippen LogP contribution is 2.41. The molecule has 3 heterocycles. The van der Waals surface area contributed by atoms with Crippen molar-refractivity contribution in [3.05, 3.63) is 60.4 Å². The third-order valence-corrected chi connectivity index (χ3v) is 5.58. The molecule has 9 heteroatoms. The summed E-state index contributed by atoms with van der Waals surface area (Å²) >= 11 is 0. The normalized spacial score (nSPS) is 14.6. The first kappa shape index (κ1) is 19.4. The second-order valence-electron chi connectivity index (χ2n) is 7.92. The van der Waals surface area contributed by atoms with Crippen LogP contribution in [0.5, 0.6) is 0 Å². The fraction of sp³-hybridized carbons (Fsp3) is 0.318. The van der Waals surface area contributed by atoms with E-state index in [0.29, 0.717) is 30.7 Å². The van der Waals surface area contributed by atoms with Crippen molar-refractivity contribution in [2.24, 2.45) is 11.7 Å². The van der Waals surface area contributed by atoms with Crippen LogP contribution in [0.15, 0.2) is 53.6 Å². The molecule has 1 saturated carbocycles. The SMILES string of the molecule is NCCn1cc(-c2nc([C@H](CC3CC3)c3ccc(-c4cnc(N)nc4)cc3)no2)cn1. The van der Waals surface area contributed by atoms with Gasteiger partial charge in [0.2, 0.25) is 5.95 Å². The lowest BCUT2D eigenvalue weighted by atomic mass is 9.91. The molecule has 0 unspecified atom stereocenters. The molecule has 4 aromatic rings. The van der Waals surface area contributed by atoms with Crippen LogP contribution in [0, 0.1) is 5.92 Å². The van der Waals surface area contributed by atoms with Gasteiger partial charge in [-0.05, 0) is 23.5 Å². The summed E-state index contributed by atoms with van der Waals surface area (Å²) < 4.78 is 7.36. The molecule has 1 fully saturated rings. The van der Waals surface area contributed by atoms with Gasteiger partial charge < -0.3 is 16.0 Å². The first-order chi connectivity index (χ1) is 15.2. The molecule has 1 aliphatic rings. The molecular weight excluding hydrogens is 392 g/mol. The molecule has 0 bridgehead atoms. The van der Waals surface area contributed by atoms with Gasteiger partial charge in [-0.3, -0.25) is 4.68 Å². The predicted molar refractivity (Wildman–Crippen MR) is 116 cm³/mol. The number of nitrogens with two attached hydrogens (primary N) is 2. The maximum absolute atomic E-state index is 5.60. The van der Waals surface area contributed by atoms with Crippen LogP contribution in [0.1, 0.15) is 36.6 Å². The summed E-state index contributed by atoms with van der Waals surface area (Å²) in [4.78, 5) is 12.9. The highest BCUT2D eigenvalue weighted by Gasteiger charge is 2.30. The van der Waals surface area contributed by atoms with Crippen molar-refractivity contribution < 1.29 is 4.52 Å². The summed E-state index contributed by atoms with van der Waals surface area (Å²) in [5.41, 5.74) is 15.1. The maximum Gasteiger partial charge on any atom is 0.261 e. The minimum absolute atomic E-state index is 0.0841. The molecule has 0 spiro atoms. The van der Waals surface area contributed by atoms with Crippen LogP contribution in [0.3, 0.4) is 0 Å². The summed E-state index contributed by atoms with van der Waals surface area (Å²) in [7, 11) is 0. The number of nitrogens with zero attached hydrogens (tertiary/aromatic N) is 6. The minimum Gasteiger partial charge on any atom is -0.368 e. The van der Waals surface area contributed by atoms with Crippen LogP contribution in [0.2, 0.25) is 0 Å². The lowest BCUT2D eigenvalue weighted by molar-refractivity contribution is 0.416. The Kier molecular flexibility index (Phi) is 5.17. The van der Waals surface area contributed by atoms with Gasteiger partial charge in [-0.25, -0.2) is 9.97 Å². The number of nitrogen functional groups attached to an aromatic ring is 1. The third kappa shape index (κ3) is 4.31. The van der Waals surface area contributed by atoms with Gasteiger partial charge in [0.25, 0.3) is 5.89 Å². The van der Waals surface area contributed by atoms with Crippen molar-refractivity contribution in [3.8, 4) is 22.6 Å². The number of anilines is 1. The molecule has 1 atom stereocenters. The molecule has 1 aromatic carbocycles. The quantitative estimate of drug-likeness (QED) is 0.448. The van der Waals surface area contributed by atoms with E-state index in [2.05, 4.69) is 44.5 Å². The molecule has 5 rings (SSSR count). The van der Waals surface area contributed by atoms with Crippen LogP contribution in [0.25, 0.3) is 22.6 Å². The second-order valence-corrected chi connectivity index (χ2v) is 7.92. The van der Waals surface area contributed by atoms with Crippen LogP contribution >= 0.6 is 0 Å². The lowest BCUT2D eigenvalue weighted by Crippen LogP contribution is -2.09. The number of aromatic nitrogens is 6. The van der Waals surface area contributed by atoms with E-state index in [9.17, 15) is 0 Å². The summed E-state index contributed by atoms with van der Waals surface area (Å²) in [6.07, 6.45) is 10.6. The van der Waals surface area contributed by atoms with E-state index in [0.717, 1.165) is 28.7 Å². The highest BCUT2D eigenvalue weighted by atomic mass is 16.5. The molecule has 158 valence electrons. The monoisotopic (exact) mass is 416 g/mol. The summed E-state index contributed by atoms with van der Waals surface area (Å²) in [5, 5.41) is 8.60. The Balaban J connectivity index is 1.40. The zero-order valence-electron chi connectivity index (χ0n) is 17.1. The van der Waals surface area contributed by atoms with Crippen LogP contribution in [0.4, 0.5) is 5.95 Å². The standard InChI is InChI=1S/C22H24N8O/c23-7-8-30-13-18(12-27-30)21-28-20(29-31-21)19(9-14-1-2-14)16-5-3-15(4-6-16)17-10-25-22(24)26-11-17/h3-6,10-14,19H,1-2,7-9,23H2,(H2,24,25,26)/t19-/m1/s1. The van der Waals surface area contributed by atoms with E-state index in [-0.39, 0.29) is 11.9 Å². The van der Waals surface area contributed by atoms with Crippen molar-refractivity contribution in [2.75, 3.05) is 12.3 Å². The number of rotatable bonds is 8. The average molecular weight is 416 g/mol. The largest absolute Gasteiger partial charge is 0.368 e. The zero-order valence-corrected chi connectivity index (χ0v) is 17.1. The molecule has 31 heavy (non-hydrogen) atoms. The Bertz CT molecular complexity index is 1140. The van der Waals surface area contributed by atoms with E-state index < -0.39 is 0 Å². The van der Waals surface area contributed by atoms with Gasteiger partial charge in [-0.2, -0.15) is 10.1 Å². The Morgan fingerprint density at radius 1 is 1.03 bits per heavy atom. The zero-order chi connectivity index (χ0) is 21.2. The van der Waals surface area contributed by atoms with Crippen LogP contribution < -0.4 is 11.5 Å². The molecule has 0 saturated heterocycles. The molecule has 0 radical (unpaired) electrons. The van der Waals surface area contributed by atoms with Crippen molar-refractivity contribution in [3.63, 3.8) is 0 Å². The second kappa shape index (κ2) is 8.27. The van der Waals surface area contributed by atoms with Gasteiger partial charge in [0.05, 0.1) is 18.3 Å². The van der Waals surface area contributed by atoms with Crippen molar-refractivity contribution >= 4 is 5.95 Å². The fourth-order valence-electron chi connectivity index (χ4n) is 3.69. The third-order valence-electron chi connectivity index (χ3n) is 5.58. The van der Waals surface area contributed by atoms with Gasteiger partial charge >= 0.3 is 0 Å². The minimum atomic E-state index is 0.0841. The molecule has 0 amide bonds. The summed E-state index contributed by atoms with van der Waals surface area (Å²) in [6, 6.07) is 8.38. The average Bonchev–Trinajstić information content (AvgIpc) is 3.27. The van der Waals surface area contributed by atoms with E-state index >= 15 is 0 Å². The molecular formula is C22H24N8O. The smallest absolute Gasteiger partial charge is 0.261 e. The van der Waals surface area contributed by atoms with Gasteiger partial charge in [0.1, 0.15) is 0 Å². The molecule has 4 N–H and O–H groups in total. The van der Waals surface area contributed by atoms with Crippen molar-refractivity contribution in [1.82, 2.24) is 29.9 Å². The Hall–Kier alpha value is -3.59. The van der Waals surface area contributed by atoms with Gasteiger partial charge in [0.15, 0.2) is 5.82 Å². The molecule has 9 nitrogen and oxygen atoms in total. The van der Waals surface area contributed by atoms with Crippen molar-refractivity contribution in [1.29, 1.82) is 0 Å². The van der Waals surface area contributed by atoms with Crippen molar-refractivity contribution in [2.45, 2.75) is 31.7 Å². The van der Waals surface area contributed by atoms with E-state index in [1.807, 2.05) is 6.20 Å². The van der Waals surface area contributed by atoms with Crippen LogP contribution in [-0.4, -0.2) is 36.4 Å². The fourth-order valence-corrected chi connectivity index (χ4v) is 3.69. The maximum atomic E-state index is 5.60. The van der Waals surface area contributed by atoms with Gasteiger partial charge in [0, 0.05) is 36.6 Å². The topological polar surface area (TPSA) is 135 Å². The molecule has 3 aromatic heterocycles. The number of hydrogen-bond donors (Lipinski definition) is 2. The molecule has 1 aliphatic carbocycles.